The number of hydrogen-bond donors (Lipinski definition) is 2. The van der Waals surface area contributed by atoms with E-state index in [1.165, 1.54) is 9.08 Å². The normalized spacial score (nSPS) is 12.0. The molecule has 0 aliphatic heterocycles. The van der Waals surface area contributed by atoms with E-state index in [9.17, 15) is 9.18 Å². The van der Waals surface area contributed by atoms with Crippen LogP contribution in [0, 0.1) is 0 Å². The molecule has 3 rings (SSSR count). The topological polar surface area (TPSA) is 104 Å². The number of halogens is 1. The number of aromatic nitrogens is 4. The van der Waals surface area contributed by atoms with Crippen LogP contribution >= 0.6 is 0 Å². The van der Waals surface area contributed by atoms with E-state index in [0.29, 0.717) is 17.8 Å². The van der Waals surface area contributed by atoms with Gasteiger partial charge in [-0.25, -0.2) is 23.3 Å². The number of fused-ring (bicyclic) bond motifs is 1. The lowest BCUT2D eigenvalue weighted by Crippen LogP contribution is -2.23. The molecule has 0 atom stereocenters. The summed E-state index contributed by atoms with van der Waals surface area (Å²) in [5, 5.41) is 4.17. The fourth-order valence-electron chi connectivity index (χ4n) is 2.26. The van der Waals surface area contributed by atoms with Gasteiger partial charge in [0.05, 0.1) is 12.9 Å². The van der Waals surface area contributed by atoms with Crippen LogP contribution in [0.1, 0.15) is 0 Å². The molecule has 8 heteroatoms. The fraction of sp³-hybridized carbons (Fsp3) is 0.133. The predicted molar refractivity (Wildman–Crippen MR) is 85.3 cm³/mol. The second-order valence-corrected chi connectivity index (χ2v) is 5.03. The maximum absolute atomic E-state index is 12.6. The molecule has 0 unspecified atom stereocenters. The Morgan fingerprint density at radius 3 is 2.83 bits per heavy atom. The molecule has 0 fully saturated rings. The summed E-state index contributed by atoms with van der Waals surface area (Å²) in [5.74, 6) is 0.395. The average Bonchev–Trinajstić information content (AvgIpc) is 2.88. The SMILES string of the molecule is NC/C(=C\F)Cn1nc2ccc(-c3ccnc(N)c3)cn2c1=O. The number of rotatable bonds is 4. The zero-order valence-corrected chi connectivity index (χ0v) is 12.2. The molecule has 118 valence electrons. The summed E-state index contributed by atoms with van der Waals surface area (Å²) in [4.78, 5) is 16.3. The van der Waals surface area contributed by atoms with Crippen molar-refractivity contribution in [1.82, 2.24) is 19.2 Å². The molecule has 0 radical (unpaired) electrons. The van der Waals surface area contributed by atoms with Crippen LogP contribution in [0.15, 0.2) is 53.4 Å². The minimum atomic E-state index is -0.364. The number of nitrogens with two attached hydrogens (primary N) is 2. The van der Waals surface area contributed by atoms with Gasteiger partial charge in [-0.1, -0.05) is 0 Å². The summed E-state index contributed by atoms with van der Waals surface area (Å²) in [6.45, 7) is 0.0450. The molecule has 0 aliphatic rings. The summed E-state index contributed by atoms with van der Waals surface area (Å²) in [5.41, 5.74) is 13.1. The Morgan fingerprint density at radius 2 is 2.13 bits per heavy atom. The quantitative estimate of drug-likeness (QED) is 0.746. The van der Waals surface area contributed by atoms with E-state index in [1.54, 1.807) is 30.6 Å². The van der Waals surface area contributed by atoms with Crippen molar-refractivity contribution in [3.8, 4) is 11.1 Å². The highest BCUT2D eigenvalue weighted by atomic mass is 19.1. The second kappa shape index (κ2) is 6.01. The number of nitrogen functional groups attached to an aromatic ring is 1. The maximum Gasteiger partial charge on any atom is 0.350 e. The molecule has 4 N–H and O–H groups in total. The number of hydrogen-bond acceptors (Lipinski definition) is 5. The molecule has 3 heterocycles. The molecule has 3 aromatic heterocycles. The Labute approximate surface area is 130 Å². The molecule has 0 aliphatic carbocycles. The van der Waals surface area contributed by atoms with Crippen molar-refractivity contribution in [2.75, 3.05) is 12.3 Å². The van der Waals surface area contributed by atoms with Crippen molar-refractivity contribution in [2.24, 2.45) is 5.73 Å². The number of anilines is 1. The molecule has 0 aromatic carbocycles. The van der Waals surface area contributed by atoms with Gasteiger partial charge in [0.15, 0.2) is 5.65 Å². The van der Waals surface area contributed by atoms with Gasteiger partial charge in [-0.05, 0) is 41.0 Å². The van der Waals surface area contributed by atoms with Gasteiger partial charge in [-0.3, -0.25) is 0 Å². The van der Waals surface area contributed by atoms with E-state index in [1.807, 2.05) is 6.07 Å². The Morgan fingerprint density at radius 1 is 1.30 bits per heavy atom. The van der Waals surface area contributed by atoms with E-state index in [2.05, 4.69) is 10.1 Å². The molecule has 7 nitrogen and oxygen atoms in total. The van der Waals surface area contributed by atoms with Crippen molar-refractivity contribution < 1.29 is 4.39 Å². The van der Waals surface area contributed by atoms with Crippen molar-refractivity contribution in [3.63, 3.8) is 0 Å². The van der Waals surface area contributed by atoms with Crippen LogP contribution in [0.25, 0.3) is 16.8 Å². The number of nitrogens with zero attached hydrogens (tertiary/aromatic N) is 4. The van der Waals surface area contributed by atoms with Crippen molar-refractivity contribution >= 4 is 11.5 Å². The zero-order valence-electron chi connectivity index (χ0n) is 12.2. The highest BCUT2D eigenvalue weighted by molar-refractivity contribution is 5.66. The first kappa shape index (κ1) is 14.9. The summed E-state index contributed by atoms with van der Waals surface area (Å²) < 4.78 is 15.2. The van der Waals surface area contributed by atoms with Crippen LogP contribution in [0.3, 0.4) is 0 Å². The van der Waals surface area contributed by atoms with Gasteiger partial charge >= 0.3 is 5.69 Å². The molecular formula is C15H15FN6O. The standard InChI is InChI=1S/C15H15FN6O/c16-6-10(7-17)8-22-15(23)21-9-12(1-2-14(21)20-22)11-3-4-19-13(18)5-11/h1-6,9H,7-8,17H2,(H2,18,19)/b10-6+. The second-order valence-electron chi connectivity index (χ2n) is 5.03. The maximum atomic E-state index is 12.6. The van der Waals surface area contributed by atoms with Crippen LogP contribution < -0.4 is 17.2 Å². The molecule has 0 saturated heterocycles. The largest absolute Gasteiger partial charge is 0.384 e. The molecule has 23 heavy (non-hydrogen) atoms. The summed E-state index contributed by atoms with van der Waals surface area (Å²) >= 11 is 0. The first-order chi connectivity index (χ1) is 11.1. The van der Waals surface area contributed by atoms with Gasteiger partial charge in [0.1, 0.15) is 5.82 Å². The van der Waals surface area contributed by atoms with Crippen LogP contribution in [-0.2, 0) is 6.54 Å². The van der Waals surface area contributed by atoms with Crippen LogP contribution in [0.2, 0.25) is 0 Å². The third-order valence-electron chi connectivity index (χ3n) is 3.46. The van der Waals surface area contributed by atoms with Crippen LogP contribution in [0.4, 0.5) is 10.2 Å². The lowest BCUT2D eigenvalue weighted by atomic mass is 10.1. The lowest BCUT2D eigenvalue weighted by molar-refractivity contribution is 0.616. The van der Waals surface area contributed by atoms with Crippen LogP contribution in [0.5, 0.6) is 0 Å². The van der Waals surface area contributed by atoms with Gasteiger partial charge in [0.2, 0.25) is 0 Å². The van der Waals surface area contributed by atoms with E-state index >= 15 is 0 Å². The van der Waals surface area contributed by atoms with Crippen LogP contribution in [-0.4, -0.2) is 25.7 Å². The third-order valence-corrected chi connectivity index (χ3v) is 3.46. The van der Waals surface area contributed by atoms with E-state index < -0.39 is 0 Å². The fourth-order valence-corrected chi connectivity index (χ4v) is 2.26. The van der Waals surface area contributed by atoms with Crippen molar-refractivity contribution in [3.05, 3.63) is 59.0 Å². The third kappa shape index (κ3) is 2.84. The first-order valence-corrected chi connectivity index (χ1v) is 6.91. The van der Waals surface area contributed by atoms with E-state index in [0.717, 1.165) is 11.1 Å². The molecular weight excluding hydrogens is 299 g/mol. The average molecular weight is 314 g/mol. The van der Waals surface area contributed by atoms with Gasteiger partial charge in [-0.15, -0.1) is 5.10 Å². The van der Waals surface area contributed by atoms with Gasteiger partial charge in [-0.2, -0.15) is 0 Å². The Balaban J connectivity index is 2.07. The molecule has 0 saturated carbocycles. The Bertz CT molecular complexity index is 943. The first-order valence-electron chi connectivity index (χ1n) is 6.91. The Kier molecular flexibility index (Phi) is 3.90. The lowest BCUT2D eigenvalue weighted by Gasteiger charge is -2.02. The highest BCUT2D eigenvalue weighted by Gasteiger charge is 2.10. The summed E-state index contributed by atoms with van der Waals surface area (Å²) in [6.07, 6.45) is 3.67. The predicted octanol–water partition coefficient (Wildman–Crippen LogP) is 0.952. The Hall–Kier alpha value is -3.00. The van der Waals surface area contributed by atoms with E-state index in [4.69, 9.17) is 11.5 Å². The minimum absolute atomic E-state index is 0.0189. The monoisotopic (exact) mass is 314 g/mol. The smallest absolute Gasteiger partial charge is 0.350 e. The highest BCUT2D eigenvalue weighted by Crippen LogP contribution is 2.20. The molecule has 0 amide bonds. The molecule has 3 aromatic rings. The van der Waals surface area contributed by atoms with Gasteiger partial charge in [0.25, 0.3) is 0 Å². The van der Waals surface area contributed by atoms with Crippen molar-refractivity contribution in [1.29, 1.82) is 0 Å². The molecule has 0 spiro atoms. The van der Waals surface area contributed by atoms with Gasteiger partial charge < -0.3 is 11.5 Å². The molecule has 0 bridgehead atoms. The minimum Gasteiger partial charge on any atom is -0.384 e. The van der Waals surface area contributed by atoms with Gasteiger partial charge in [0, 0.05) is 18.9 Å². The summed E-state index contributed by atoms with van der Waals surface area (Å²) in [7, 11) is 0. The van der Waals surface area contributed by atoms with E-state index in [-0.39, 0.29) is 24.4 Å². The number of pyridine rings is 2. The summed E-state index contributed by atoms with van der Waals surface area (Å²) in [6, 6.07) is 7.06. The zero-order chi connectivity index (χ0) is 16.4. The van der Waals surface area contributed by atoms with Crippen molar-refractivity contribution in [2.45, 2.75) is 6.54 Å².